The smallest absolute Gasteiger partial charge is 0.417 e. The Kier molecular flexibility index (Phi) is 3.65. The van der Waals surface area contributed by atoms with E-state index in [-0.39, 0.29) is 23.2 Å². The predicted octanol–water partition coefficient (Wildman–Crippen LogP) is 2.14. The molecule has 2 atom stereocenters. The second-order valence-electron chi connectivity index (χ2n) is 4.67. The average molecular weight is 271 g/mol. The number of hydrogen-bond acceptors (Lipinski definition) is 5. The number of rotatable bonds is 3. The first-order valence-corrected chi connectivity index (χ1v) is 6.19. The van der Waals surface area contributed by atoms with Gasteiger partial charge in [-0.3, -0.25) is 0 Å². The van der Waals surface area contributed by atoms with E-state index in [0.29, 0.717) is 12.5 Å². The van der Waals surface area contributed by atoms with Gasteiger partial charge in [0, 0.05) is 0 Å². The van der Waals surface area contributed by atoms with Crippen molar-refractivity contribution in [3.05, 3.63) is 11.6 Å². The summed E-state index contributed by atoms with van der Waals surface area (Å²) in [6.45, 7) is 6.63. The summed E-state index contributed by atoms with van der Waals surface area (Å²) >= 11 is 5.72. The molecular weight excluding hydrogens is 256 g/mol. The lowest BCUT2D eigenvalue weighted by molar-refractivity contribution is 0.174. The van der Waals surface area contributed by atoms with Crippen molar-refractivity contribution in [2.45, 2.75) is 26.8 Å². The predicted molar refractivity (Wildman–Crippen MR) is 66.5 cm³/mol. The first-order valence-electron chi connectivity index (χ1n) is 5.81. The van der Waals surface area contributed by atoms with Crippen molar-refractivity contribution in [3.8, 4) is 0 Å². The van der Waals surface area contributed by atoms with E-state index in [2.05, 4.69) is 35.7 Å². The highest BCUT2D eigenvalue weighted by Gasteiger charge is 2.40. The minimum absolute atomic E-state index is 0.0654. The van der Waals surface area contributed by atoms with Crippen molar-refractivity contribution < 1.29 is 9.53 Å². The number of carbonyl (C=O) groups excluding carboxylic acids is 1. The Labute approximate surface area is 110 Å². The van der Waals surface area contributed by atoms with Gasteiger partial charge in [-0.2, -0.15) is 4.98 Å². The van der Waals surface area contributed by atoms with Crippen LogP contribution >= 0.6 is 11.6 Å². The third-order valence-corrected chi connectivity index (χ3v) is 3.49. The van der Waals surface area contributed by atoms with Crippen molar-refractivity contribution >= 4 is 23.6 Å². The summed E-state index contributed by atoms with van der Waals surface area (Å²) in [4.78, 5) is 24.9. The number of carbonyl (C=O) groups is 1. The van der Waals surface area contributed by atoms with Gasteiger partial charge in [-0.1, -0.05) is 20.8 Å². The Bertz CT molecular complexity index is 454. The zero-order valence-electron chi connectivity index (χ0n) is 10.5. The first kappa shape index (κ1) is 13.0. The van der Waals surface area contributed by atoms with Crippen LogP contribution < -0.4 is 4.90 Å². The van der Waals surface area contributed by atoms with Crippen molar-refractivity contribution in [3.63, 3.8) is 0 Å². The molecule has 0 aromatic carbocycles. The third-order valence-electron chi connectivity index (χ3n) is 3.31. The van der Waals surface area contributed by atoms with Gasteiger partial charge in [0.05, 0.1) is 6.04 Å². The summed E-state index contributed by atoms with van der Waals surface area (Å²) in [5.41, 5.74) is 0. The molecule has 1 aromatic rings. The molecule has 1 saturated heterocycles. The molecule has 98 valence electrons. The van der Waals surface area contributed by atoms with Gasteiger partial charge in [0.25, 0.3) is 0 Å². The zero-order chi connectivity index (χ0) is 13.3. The van der Waals surface area contributed by atoms with Crippen LogP contribution in [0.15, 0.2) is 6.33 Å². The Morgan fingerprint density at radius 1 is 1.44 bits per heavy atom. The van der Waals surface area contributed by atoms with Gasteiger partial charge >= 0.3 is 6.09 Å². The highest BCUT2D eigenvalue weighted by atomic mass is 35.5. The number of hydrogen-bond donors (Lipinski definition) is 0. The highest BCUT2D eigenvalue weighted by molar-refractivity contribution is 6.28. The van der Waals surface area contributed by atoms with Crippen LogP contribution in [0.25, 0.3) is 0 Å². The number of nitrogens with zero attached hydrogens (tertiary/aromatic N) is 4. The molecule has 1 aliphatic rings. The maximum absolute atomic E-state index is 11.8. The maximum atomic E-state index is 11.8. The van der Waals surface area contributed by atoms with Crippen LogP contribution in [0.5, 0.6) is 0 Å². The van der Waals surface area contributed by atoms with E-state index in [4.69, 9.17) is 16.3 Å². The molecule has 18 heavy (non-hydrogen) atoms. The Morgan fingerprint density at radius 3 is 2.78 bits per heavy atom. The van der Waals surface area contributed by atoms with Gasteiger partial charge in [-0.25, -0.2) is 19.7 Å². The van der Waals surface area contributed by atoms with E-state index >= 15 is 0 Å². The van der Waals surface area contributed by atoms with E-state index in [9.17, 15) is 4.79 Å². The number of cyclic esters (lactones) is 1. The number of ether oxygens (including phenoxy) is 1. The van der Waals surface area contributed by atoms with E-state index < -0.39 is 6.09 Å². The SMILES string of the molecule is CC(C)C(C)[C@H]1COC(=O)N1c1ncnc(Cl)n1. The molecule has 1 unspecified atom stereocenters. The molecule has 2 rings (SSSR count). The summed E-state index contributed by atoms with van der Waals surface area (Å²) in [5, 5.41) is 0.0654. The largest absolute Gasteiger partial charge is 0.447 e. The van der Waals surface area contributed by atoms with E-state index in [1.165, 1.54) is 11.2 Å². The van der Waals surface area contributed by atoms with Gasteiger partial charge in [0.2, 0.25) is 11.2 Å². The molecule has 0 N–H and O–H groups in total. The number of anilines is 1. The molecule has 0 saturated carbocycles. The molecule has 1 aromatic heterocycles. The van der Waals surface area contributed by atoms with Crippen LogP contribution in [-0.2, 0) is 4.74 Å². The Morgan fingerprint density at radius 2 is 2.17 bits per heavy atom. The quantitative estimate of drug-likeness (QED) is 0.842. The van der Waals surface area contributed by atoms with Crippen molar-refractivity contribution in [1.29, 1.82) is 0 Å². The molecule has 0 spiro atoms. The molecule has 0 bridgehead atoms. The molecule has 1 aliphatic heterocycles. The average Bonchev–Trinajstić information content (AvgIpc) is 2.70. The van der Waals surface area contributed by atoms with Crippen LogP contribution in [-0.4, -0.2) is 33.7 Å². The second kappa shape index (κ2) is 5.06. The fourth-order valence-electron chi connectivity index (χ4n) is 1.88. The summed E-state index contributed by atoms with van der Waals surface area (Å²) < 4.78 is 5.09. The molecule has 0 aliphatic carbocycles. The summed E-state index contributed by atoms with van der Waals surface area (Å²) in [6.07, 6.45) is 0.850. The van der Waals surface area contributed by atoms with Crippen LogP contribution in [0.3, 0.4) is 0 Å². The van der Waals surface area contributed by atoms with E-state index in [1.807, 2.05) is 0 Å². The summed E-state index contributed by atoms with van der Waals surface area (Å²) in [5.74, 6) is 0.936. The summed E-state index contributed by atoms with van der Waals surface area (Å²) in [7, 11) is 0. The third kappa shape index (κ3) is 2.38. The highest BCUT2D eigenvalue weighted by Crippen LogP contribution is 2.28. The van der Waals surface area contributed by atoms with E-state index in [0.717, 1.165) is 0 Å². The number of halogens is 1. The fourth-order valence-corrected chi connectivity index (χ4v) is 2.00. The normalized spacial score (nSPS) is 21.3. The zero-order valence-corrected chi connectivity index (χ0v) is 11.3. The lowest BCUT2D eigenvalue weighted by Gasteiger charge is -2.27. The van der Waals surface area contributed by atoms with Crippen LogP contribution in [0, 0.1) is 11.8 Å². The molecule has 6 nitrogen and oxygen atoms in total. The minimum atomic E-state index is -0.435. The van der Waals surface area contributed by atoms with Crippen LogP contribution in [0.4, 0.5) is 10.7 Å². The maximum Gasteiger partial charge on any atom is 0.417 e. The summed E-state index contributed by atoms with van der Waals surface area (Å²) in [6, 6.07) is -0.0732. The van der Waals surface area contributed by atoms with Crippen molar-refractivity contribution in [2.75, 3.05) is 11.5 Å². The van der Waals surface area contributed by atoms with Gasteiger partial charge in [0.15, 0.2) is 0 Å². The van der Waals surface area contributed by atoms with Gasteiger partial charge in [-0.15, -0.1) is 0 Å². The lowest BCUT2D eigenvalue weighted by atomic mass is 9.90. The molecule has 1 amide bonds. The van der Waals surface area contributed by atoms with Crippen LogP contribution in [0.1, 0.15) is 20.8 Å². The Hall–Kier alpha value is -1.43. The lowest BCUT2D eigenvalue weighted by Crippen LogP contribution is -2.41. The second-order valence-corrected chi connectivity index (χ2v) is 5.01. The van der Waals surface area contributed by atoms with E-state index in [1.54, 1.807) is 0 Å². The molecule has 2 heterocycles. The standard InChI is InChI=1S/C11H15ClN4O2/c1-6(2)7(3)8-4-18-11(17)16(8)10-14-5-13-9(12)15-10/h5-8H,4H2,1-3H3/t7?,8-/m1/s1. The van der Waals surface area contributed by atoms with Crippen molar-refractivity contribution in [2.24, 2.45) is 11.8 Å². The molecule has 0 radical (unpaired) electrons. The Balaban J connectivity index is 2.31. The minimum Gasteiger partial charge on any atom is -0.447 e. The number of aromatic nitrogens is 3. The molecule has 1 fully saturated rings. The van der Waals surface area contributed by atoms with Crippen molar-refractivity contribution in [1.82, 2.24) is 15.0 Å². The number of amides is 1. The van der Waals surface area contributed by atoms with Gasteiger partial charge in [0.1, 0.15) is 12.9 Å². The fraction of sp³-hybridized carbons (Fsp3) is 0.636. The first-order chi connectivity index (χ1) is 8.50. The molecular formula is C11H15ClN4O2. The van der Waals surface area contributed by atoms with Crippen LogP contribution in [0.2, 0.25) is 5.28 Å². The topological polar surface area (TPSA) is 68.2 Å². The van der Waals surface area contributed by atoms with Gasteiger partial charge in [-0.05, 0) is 23.4 Å². The van der Waals surface area contributed by atoms with Gasteiger partial charge < -0.3 is 4.74 Å². The molecule has 7 heteroatoms. The monoisotopic (exact) mass is 270 g/mol.